The molecular formula is C10H10F3NO3. The van der Waals surface area contributed by atoms with Crippen LogP contribution in [0.15, 0.2) is 18.2 Å². The maximum absolute atomic E-state index is 12.1. The van der Waals surface area contributed by atoms with Crippen LogP contribution in [0.25, 0.3) is 0 Å². The van der Waals surface area contributed by atoms with Crippen molar-refractivity contribution in [2.75, 3.05) is 19.5 Å². The van der Waals surface area contributed by atoms with Crippen molar-refractivity contribution in [3.63, 3.8) is 0 Å². The highest BCUT2D eigenvalue weighted by Gasteiger charge is 2.32. The first-order chi connectivity index (χ1) is 7.87. The normalized spacial score (nSPS) is 10.9. The number of carbonyl (C=O) groups excluding carboxylic acids is 1. The highest BCUT2D eigenvalue weighted by molar-refractivity contribution is 5.90. The molecule has 0 fully saturated rings. The third-order valence-electron chi connectivity index (χ3n) is 1.90. The van der Waals surface area contributed by atoms with E-state index < -0.39 is 18.1 Å². The lowest BCUT2D eigenvalue weighted by Crippen LogP contribution is -2.18. The molecular weight excluding hydrogens is 239 g/mol. The molecule has 17 heavy (non-hydrogen) atoms. The van der Waals surface area contributed by atoms with Gasteiger partial charge in [-0.05, 0) is 18.2 Å². The van der Waals surface area contributed by atoms with E-state index in [1.165, 1.54) is 19.2 Å². The lowest BCUT2D eigenvalue weighted by molar-refractivity contribution is -0.274. The summed E-state index contributed by atoms with van der Waals surface area (Å²) in [5.41, 5.74) is 0.0979. The van der Waals surface area contributed by atoms with Gasteiger partial charge in [0.15, 0.2) is 5.75 Å². The Kier molecular flexibility index (Phi) is 3.82. The van der Waals surface area contributed by atoms with Gasteiger partial charge in [-0.2, -0.15) is 0 Å². The fourth-order valence-electron chi connectivity index (χ4n) is 1.18. The summed E-state index contributed by atoms with van der Waals surface area (Å²) in [6, 6.07) is 3.60. The first-order valence-corrected chi connectivity index (χ1v) is 4.53. The van der Waals surface area contributed by atoms with Crippen LogP contribution < -0.4 is 10.1 Å². The summed E-state index contributed by atoms with van der Waals surface area (Å²) in [6.45, 7) is 0. The molecule has 4 nitrogen and oxygen atoms in total. The number of rotatable bonds is 3. The molecule has 0 unspecified atom stereocenters. The number of methoxy groups -OCH3 is 1. The molecule has 0 aliphatic rings. The topological polar surface area (TPSA) is 47.6 Å². The average molecular weight is 249 g/mol. The van der Waals surface area contributed by atoms with Gasteiger partial charge in [0.05, 0.1) is 18.4 Å². The Balaban J connectivity index is 3.11. The number of hydrogen-bond donors (Lipinski definition) is 1. The van der Waals surface area contributed by atoms with E-state index in [1.54, 1.807) is 0 Å². The zero-order valence-electron chi connectivity index (χ0n) is 9.09. The number of carbonyl (C=O) groups is 1. The smallest absolute Gasteiger partial charge is 0.465 e. The number of nitrogens with one attached hydrogen (secondary N) is 1. The van der Waals surface area contributed by atoms with E-state index in [0.717, 1.165) is 13.2 Å². The Labute approximate surface area is 95.3 Å². The minimum absolute atomic E-state index is 0.0225. The van der Waals surface area contributed by atoms with E-state index in [-0.39, 0.29) is 11.3 Å². The molecule has 0 heterocycles. The average Bonchev–Trinajstić information content (AvgIpc) is 2.25. The molecule has 7 heteroatoms. The zero-order chi connectivity index (χ0) is 13.1. The van der Waals surface area contributed by atoms with Gasteiger partial charge in [0, 0.05) is 7.05 Å². The zero-order valence-corrected chi connectivity index (χ0v) is 9.09. The molecule has 94 valence electrons. The van der Waals surface area contributed by atoms with E-state index in [1.807, 2.05) is 0 Å². The first kappa shape index (κ1) is 13.1. The lowest BCUT2D eigenvalue weighted by atomic mass is 10.2. The third-order valence-corrected chi connectivity index (χ3v) is 1.90. The summed E-state index contributed by atoms with van der Waals surface area (Å²) in [6.07, 6.45) is -4.82. The van der Waals surface area contributed by atoms with Crippen molar-refractivity contribution >= 4 is 11.7 Å². The van der Waals surface area contributed by atoms with Crippen LogP contribution >= 0.6 is 0 Å². The number of hydrogen-bond acceptors (Lipinski definition) is 4. The first-order valence-electron chi connectivity index (χ1n) is 4.53. The van der Waals surface area contributed by atoms with Crippen molar-refractivity contribution in [3.8, 4) is 5.75 Å². The number of anilines is 1. The number of benzene rings is 1. The standard InChI is InChI=1S/C10H10F3NO3/c1-14-7-4-3-6(9(15)16-2)5-8(7)17-10(11,12)13/h3-5,14H,1-2H3. The van der Waals surface area contributed by atoms with Crippen molar-refractivity contribution in [1.82, 2.24) is 0 Å². The molecule has 0 saturated carbocycles. The van der Waals surface area contributed by atoms with Gasteiger partial charge < -0.3 is 14.8 Å². The number of halogens is 3. The van der Waals surface area contributed by atoms with E-state index in [2.05, 4.69) is 14.8 Å². The van der Waals surface area contributed by atoms with Gasteiger partial charge in [-0.15, -0.1) is 13.2 Å². The molecule has 1 N–H and O–H groups in total. The quantitative estimate of drug-likeness (QED) is 0.836. The summed E-state index contributed by atoms with van der Waals surface area (Å²) >= 11 is 0. The second-order valence-electron chi connectivity index (χ2n) is 3.00. The van der Waals surface area contributed by atoms with Gasteiger partial charge in [-0.25, -0.2) is 4.79 Å². The van der Waals surface area contributed by atoms with Crippen LogP contribution in [0.5, 0.6) is 5.75 Å². The Bertz CT molecular complexity index is 418. The van der Waals surface area contributed by atoms with E-state index >= 15 is 0 Å². The molecule has 0 atom stereocenters. The maximum Gasteiger partial charge on any atom is 0.573 e. The summed E-state index contributed by atoms with van der Waals surface area (Å²) in [5.74, 6) is -1.22. The molecule has 1 rings (SSSR count). The van der Waals surface area contributed by atoms with E-state index in [0.29, 0.717) is 0 Å². The molecule has 0 saturated heterocycles. The number of esters is 1. The molecule has 0 aliphatic heterocycles. The van der Waals surface area contributed by atoms with Crippen molar-refractivity contribution in [1.29, 1.82) is 0 Å². The Morgan fingerprint density at radius 2 is 2.00 bits per heavy atom. The molecule has 0 amide bonds. The molecule has 0 aromatic heterocycles. The highest BCUT2D eigenvalue weighted by atomic mass is 19.4. The van der Waals surface area contributed by atoms with Gasteiger partial charge in [0.2, 0.25) is 0 Å². The SMILES string of the molecule is CNc1ccc(C(=O)OC)cc1OC(F)(F)F. The molecule has 1 aromatic rings. The lowest BCUT2D eigenvalue weighted by Gasteiger charge is -2.13. The summed E-state index contributed by atoms with van der Waals surface area (Å²) < 4.78 is 44.5. The van der Waals surface area contributed by atoms with Gasteiger partial charge in [-0.1, -0.05) is 0 Å². The van der Waals surface area contributed by atoms with Gasteiger partial charge >= 0.3 is 12.3 Å². The van der Waals surface area contributed by atoms with Crippen LogP contribution in [0.2, 0.25) is 0 Å². The molecule has 0 aliphatic carbocycles. The van der Waals surface area contributed by atoms with Crippen LogP contribution in [0.4, 0.5) is 18.9 Å². The largest absolute Gasteiger partial charge is 0.573 e. The Morgan fingerprint density at radius 3 is 2.47 bits per heavy atom. The van der Waals surface area contributed by atoms with Crippen LogP contribution in [0.3, 0.4) is 0 Å². The predicted octanol–water partition coefficient (Wildman–Crippen LogP) is 2.41. The second kappa shape index (κ2) is 4.94. The minimum Gasteiger partial charge on any atom is -0.465 e. The highest BCUT2D eigenvalue weighted by Crippen LogP contribution is 2.31. The van der Waals surface area contributed by atoms with E-state index in [9.17, 15) is 18.0 Å². The Morgan fingerprint density at radius 1 is 1.35 bits per heavy atom. The van der Waals surface area contributed by atoms with Gasteiger partial charge in [0.1, 0.15) is 0 Å². The van der Waals surface area contributed by atoms with Crippen molar-refractivity contribution in [2.45, 2.75) is 6.36 Å². The van der Waals surface area contributed by atoms with Crippen molar-refractivity contribution in [3.05, 3.63) is 23.8 Å². The minimum atomic E-state index is -4.82. The molecule has 0 bridgehead atoms. The molecule has 0 radical (unpaired) electrons. The summed E-state index contributed by atoms with van der Waals surface area (Å²) in [5, 5.41) is 2.53. The van der Waals surface area contributed by atoms with Crippen molar-refractivity contribution in [2.24, 2.45) is 0 Å². The number of alkyl halides is 3. The second-order valence-corrected chi connectivity index (χ2v) is 3.00. The van der Waals surface area contributed by atoms with Crippen LogP contribution in [-0.4, -0.2) is 26.5 Å². The monoisotopic (exact) mass is 249 g/mol. The van der Waals surface area contributed by atoms with Crippen molar-refractivity contribution < 1.29 is 27.4 Å². The summed E-state index contributed by atoms with van der Waals surface area (Å²) in [7, 11) is 2.58. The van der Waals surface area contributed by atoms with Crippen LogP contribution in [-0.2, 0) is 4.74 Å². The Hall–Kier alpha value is -1.92. The predicted molar refractivity (Wildman–Crippen MR) is 54.0 cm³/mol. The van der Waals surface area contributed by atoms with Crippen LogP contribution in [0.1, 0.15) is 10.4 Å². The summed E-state index contributed by atoms with van der Waals surface area (Å²) in [4.78, 5) is 11.2. The third kappa shape index (κ3) is 3.54. The van der Waals surface area contributed by atoms with Crippen LogP contribution in [0, 0.1) is 0 Å². The maximum atomic E-state index is 12.1. The van der Waals surface area contributed by atoms with Gasteiger partial charge in [-0.3, -0.25) is 0 Å². The fourth-order valence-corrected chi connectivity index (χ4v) is 1.18. The van der Waals surface area contributed by atoms with E-state index in [4.69, 9.17) is 0 Å². The van der Waals surface area contributed by atoms with Gasteiger partial charge in [0.25, 0.3) is 0 Å². The molecule has 1 aromatic carbocycles. The molecule has 0 spiro atoms. The number of ether oxygens (including phenoxy) is 2. The fraction of sp³-hybridized carbons (Fsp3) is 0.300.